The maximum absolute atomic E-state index is 11.8. The maximum Gasteiger partial charge on any atom is 0.250 e. The molecule has 1 saturated carbocycles. The minimum absolute atomic E-state index is 0.121. The molecule has 3 heteroatoms. The number of hydrogen-bond acceptors (Lipinski definition) is 2. The van der Waals surface area contributed by atoms with Crippen LogP contribution in [0.5, 0.6) is 0 Å². The van der Waals surface area contributed by atoms with Crippen molar-refractivity contribution in [3.05, 3.63) is 34.2 Å². The first-order valence-electron chi connectivity index (χ1n) is 7.11. The maximum atomic E-state index is 11.8. The molecule has 3 nitrogen and oxygen atoms in total. The average Bonchev–Trinajstić information content (AvgIpc) is 3.18. The molecule has 0 radical (unpaired) electrons. The fourth-order valence-corrected chi connectivity index (χ4v) is 3.19. The van der Waals surface area contributed by atoms with Crippen molar-refractivity contribution in [3.63, 3.8) is 0 Å². The Hall–Kier alpha value is -1.09. The van der Waals surface area contributed by atoms with Crippen molar-refractivity contribution >= 4 is 0 Å². The zero-order valence-corrected chi connectivity index (χ0v) is 11.1. The fraction of sp³-hybridized carbons (Fsp3) is 0.667. The first-order valence-corrected chi connectivity index (χ1v) is 7.11. The van der Waals surface area contributed by atoms with E-state index in [0.717, 1.165) is 24.9 Å². The molecule has 0 spiro atoms. The van der Waals surface area contributed by atoms with Crippen molar-refractivity contribution < 1.29 is 0 Å². The van der Waals surface area contributed by atoms with Crippen molar-refractivity contribution in [2.24, 2.45) is 18.9 Å². The second-order valence-corrected chi connectivity index (χ2v) is 5.95. The lowest BCUT2D eigenvalue weighted by Gasteiger charge is -2.32. The first kappa shape index (κ1) is 12.0. The highest BCUT2D eigenvalue weighted by Gasteiger charge is 2.32. The van der Waals surface area contributed by atoms with Gasteiger partial charge in [0.2, 0.25) is 0 Å². The third-order valence-corrected chi connectivity index (χ3v) is 4.50. The van der Waals surface area contributed by atoms with Gasteiger partial charge in [0.15, 0.2) is 0 Å². The van der Waals surface area contributed by atoms with Gasteiger partial charge in [0.1, 0.15) is 0 Å². The molecule has 3 rings (SSSR count). The van der Waals surface area contributed by atoms with Crippen molar-refractivity contribution in [2.75, 3.05) is 13.1 Å². The summed E-state index contributed by atoms with van der Waals surface area (Å²) in [5.74, 6) is 2.27. The normalized spacial score (nSPS) is 28.3. The number of piperidine rings is 1. The zero-order valence-electron chi connectivity index (χ0n) is 11.1. The van der Waals surface area contributed by atoms with Crippen LogP contribution in [-0.2, 0) is 7.05 Å². The van der Waals surface area contributed by atoms with Gasteiger partial charge in [-0.3, -0.25) is 4.79 Å². The van der Waals surface area contributed by atoms with Gasteiger partial charge in [-0.25, -0.2) is 0 Å². The molecule has 1 aliphatic carbocycles. The summed E-state index contributed by atoms with van der Waals surface area (Å²) in [7, 11) is 1.82. The Balaban J connectivity index is 1.81. The van der Waals surface area contributed by atoms with Gasteiger partial charge in [0.25, 0.3) is 5.56 Å². The highest BCUT2D eigenvalue weighted by molar-refractivity contribution is 5.19. The molecular formula is C15H22N2O. The summed E-state index contributed by atoms with van der Waals surface area (Å²) in [4.78, 5) is 11.8. The monoisotopic (exact) mass is 246 g/mol. The Kier molecular flexibility index (Phi) is 3.25. The number of nitrogens with one attached hydrogen (secondary N) is 1. The van der Waals surface area contributed by atoms with E-state index in [2.05, 4.69) is 11.4 Å². The Morgan fingerprint density at radius 1 is 1.39 bits per heavy atom. The SMILES string of the molecule is Cn1ccc([C@H]2CCNC[C@@H]2CC2CC2)cc1=O. The van der Waals surface area contributed by atoms with Crippen LogP contribution in [0.3, 0.4) is 0 Å². The van der Waals surface area contributed by atoms with Crippen molar-refractivity contribution in [3.8, 4) is 0 Å². The van der Waals surface area contributed by atoms with E-state index >= 15 is 0 Å². The quantitative estimate of drug-likeness (QED) is 0.883. The van der Waals surface area contributed by atoms with Crippen LogP contribution >= 0.6 is 0 Å². The van der Waals surface area contributed by atoms with Crippen LogP contribution in [0.15, 0.2) is 23.1 Å². The molecule has 0 aromatic carbocycles. The molecule has 1 N–H and O–H groups in total. The lowest BCUT2D eigenvalue weighted by Crippen LogP contribution is -2.36. The van der Waals surface area contributed by atoms with E-state index in [4.69, 9.17) is 0 Å². The van der Waals surface area contributed by atoms with Gasteiger partial charge in [0, 0.05) is 19.3 Å². The van der Waals surface area contributed by atoms with Crippen molar-refractivity contribution in [1.29, 1.82) is 0 Å². The lowest BCUT2D eigenvalue weighted by molar-refractivity contribution is 0.297. The number of hydrogen-bond donors (Lipinski definition) is 1. The highest BCUT2D eigenvalue weighted by Crippen LogP contribution is 2.41. The summed E-state index contributed by atoms with van der Waals surface area (Å²) in [6.45, 7) is 2.21. The summed E-state index contributed by atoms with van der Waals surface area (Å²) in [6.07, 6.45) is 7.25. The summed E-state index contributed by atoms with van der Waals surface area (Å²) < 4.78 is 1.65. The minimum atomic E-state index is 0.121. The summed E-state index contributed by atoms with van der Waals surface area (Å²) in [6, 6.07) is 3.98. The smallest absolute Gasteiger partial charge is 0.250 e. The molecule has 1 aromatic heterocycles. The molecular weight excluding hydrogens is 224 g/mol. The van der Waals surface area contributed by atoms with E-state index in [0.29, 0.717) is 5.92 Å². The number of rotatable bonds is 3. The molecule has 2 aliphatic rings. The zero-order chi connectivity index (χ0) is 12.5. The standard InChI is InChI=1S/C15H22N2O/c1-17-7-5-12(9-15(17)18)14-4-6-16-10-13(14)8-11-2-3-11/h5,7,9,11,13-14,16H,2-4,6,8,10H2,1H3/t13-,14+/m0/s1. The predicted octanol–water partition coefficient (Wildman–Crippen LogP) is 1.88. The highest BCUT2D eigenvalue weighted by atomic mass is 16.1. The van der Waals surface area contributed by atoms with E-state index in [1.807, 2.05) is 19.3 Å². The molecule has 0 bridgehead atoms. The van der Waals surface area contributed by atoms with E-state index in [1.54, 1.807) is 4.57 Å². The predicted molar refractivity (Wildman–Crippen MR) is 72.7 cm³/mol. The van der Waals surface area contributed by atoms with Gasteiger partial charge >= 0.3 is 0 Å². The van der Waals surface area contributed by atoms with E-state index in [1.165, 1.54) is 31.2 Å². The van der Waals surface area contributed by atoms with Gasteiger partial charge in [-0.2, -0.15) is 0 Å². The topological polar surface area (TPSA) is 34.0 Å². The van der Waals surface area contributed by atoms with Crippen LogP contribution in [0.1, 0.15) is 37.2 Å². The van der Waals surface area contributed by atoms with Crippen LogP contribution in [-0.4, -0.2) is 17.7 Å². The Bertz CT molecular complexity index is 476. The molecule has 98 valence electrons. The molecule has 1 aliphatic heterocycles. The number of nitrogens with zero attached hydrogens (tertiary/aromatic N) is 1. The van der Waals surface area contributed by atoms with Gasteiger partial charge in [-0.1, -0.05) is 12.8 Å². The molecule has 0 amide bonds. The minimum Gasteiger partial charge on any atom is -0.319 e. The van der Waals surface area contributed by atoms with Gasteiger partial charge in [0.05, 0.1) is 0 Å². The Labute approximate surface area is 108 Å². The van der Waals surface area contributed by atoms with Gasteiger partial charge < -0.3 is 9.88 Å². The fourth-order valence-electron chi connectivity index (χ4n) is 3.19. The van der Waals surface area contributed by atoms with E-state index in [-0.39, 0.29) is 5.56 Å². The van der Waals surface area contributed by atoms with Crippen molar-refractivity contribution in [2.45, 2.75) is 31.6 Å². The summed E-state index contributed by atoms with van der Waals surface area (Å²) in [5, 5.41) is 3.51. The van der Waals surface area contributed by atoms with E-state index < -0.39 is 0 Å². The molecule has 18 heavy (non-hydrogen) atoms. The molecule has 2 fully saturated rings. The molecule has 1 aromatic rings. The van der Waals surface area contributed by atoms with Crippen LogP contribution < -0.4 is 10.9 Å². The van der Waals surface area contributed by atoms with Gasteiger partial charge in [-0.05, 0) is 55.3 Å². The molecule has 2 atom stereocenters. The first-order chi connectivity index (χ1) is 8.74. The third kappa shape index (κ3) is 2.51. The van der Waals surface area contributed by atoms with Crippen LogP contribution in [0.2, 0.25) is 0 Å². The second kappa shape index (κ2) is 4.88. The number of aromatic nitrogens is 1. The van der Waals surface area contributed by atoms with E-state index in [9.17, 15) is 4.79 Å². The second-order valence-electron chi connectivity index (χ2n) is 5.95. The Morgan fingerprint density at radius 3 is 2.94 bits per heavy atom. The molecule has 1 saturated heterocycles. The molecule has 0 unspecified atom stereocenters. The molecule has 2 heterocycles. The lowest BCUT2D eigenvalue weighted by atomic mass is 9.79. The largest absolute Gasteiger partial charge is 0.319 e. The summed E-state index contributed by atoms with van der Waals surface area (Å²) in [5.41, 5.74) is 1.38. The van der Waals surface area contributed by atoms with Crippen LogP contribution in [0, 0.1) is 11.8 Å². The van der Waals surface area contributed by atoms with Gasteiger partial charge in [-0.15, -0.1) is 0 Å². The average molecular weight is 246 g/mol. The third-order valence-electron chi connectivity index (χ3n) is 4.50. The van der Waals surface area contributed by atoms with Crippen LogP contribution in [0.25, 0.3) is 0 Å². The summed E-state index contributed by atoms with van der Waals surface area (Å²) >= 11 is 0. The number of aryl methyl sites for hydroxylation is 1. The van der Waals surface area contributed by atoms with Crippen LogP contribution in [0.4, 0.5) is 0 Å². The van der Waals surface area contributed by atoms with Crippen molar-refractivity contribution in [1.82, 2.24) is 9.88 Å². The number of pyridine rings is 1. The Morgan fingerprint density at radius 2 is 2.22 bits per heavy atom.